The lowest BCUT2D eigenvalue weighted by molar-refractivity contribution is 0.0290. The van der Waals surface area contributed by atoms with E-state index in [2.05, 4.69) is 13.8 Å². The molecule has 0 saturated carbocycles. The van der Waals surface area contributed by atoms with Gasteiger partial charge in [0.25, 0.3) is 0 Å². The zero-order valence-corrected chi connectivity index (χ0v) is 14.7. The number of nitrogens with two attached hydrogens (primary N) is 1. The van der Waals surface area contributed by atoms with Crippen molar-refractivity contribution in [2.75, 3.05) is 13.1 Å². The van der Waals surface area contributed by atoms with Crippen molar-refractivity contribution in [3.8, 4) is 5.75 Å². The molecule has 3 N–H and O–H groups in total. The first-order valence-electron chi connectivity index (χ1n) is 8.15. The number of carbonyl (C=O) groups is 1. The van der Waals surface area contributed by atoms with Gasteiger partial charge in [0.1, 0.15) is 11.4 Å². The molecule has 5 nitrogen and oxygen atoms in total. The number of ether oxygens (including phenoxy) is 1. The van der Waals surface area contributed by atoms with E-state index >= 15 is 0 Å². The zero-order chi connectivity index (χ0) is 17.4. The monoisotopic (exact) mass is 320 g/mol. The number of hydrogen-bond donors (Lipinski definition) is 2. The molecule has 0 bridgehead atoms. The maximum Gasteiger partial charge on any atom is 0.410 e. The van der Waals surface area contributed by atoms with E-state index in [1.165, 1.54) is 0 Å². The Balaban J connectivity index is 2.19. The second-order valence-electron chi connectivity index (χ2n) is 7.63. The molecule has 1 aromatic carbocycles. The molecular formula is C18H28N2O3. The van der Waals surface area contributed by atoms with Gasteiger partial charge in [-0.05, 0) is 38.3 Å². The molecule has 128 valence electrons. The Labute approximate surface area is 138 Å². The number of rotatable bonds is 2. The number of aromatic hydroxyl groups is 1. The normalized spacial score (nSPS) is 21.8. The highest BCUT2D eigenvalue weighted by Crippen LogP contribution is 2.35. The van der Waals surface area contributed by atoms with Gasteiger partial charge in [0.15, 0.2) is 0 Å². The smallest absolute Gasteiger partial charge is 0.410 e. The van der Waals surface area contributed by atoms with Crippen LogP contribution in [-0.4, -0.2) is 40.8 Å². The summed E-state index contributed by atoms with van der Waals surface area (Å²) in [7, 11) is 0. The van der Waals surface area contributed by atoms with Crippen LogP contribution < -0.4 is 5.73 Å². The summed E-state index contributed by atoms with van der Waals surface area (Å²) in [6.45, 7) is 10.6. The van der Waals surface area contributed by atoms with Crippen LogP contribution in [0.25, 0.3) is 0 Å². The lowest BCUT2D eigenvalue weighted by atomic mass is 9.90. The van der Waals surface area contributed by atoms with Gasteiger partial charge in [-0.15, -0.1) is 0 Å². The summed E-state index contributed by atoms with van der Waals surface area (Å²) in [6, 6.07) is 5.43. The van der Waals surface area contributed by atoms with E-state index in [9.17, 15) is 9.90 Å². The molecule has 1 saturated heterocycles. The number of likely N-dealkylation sites (tertiary alicyclic amines) is 1. The van der Waals surface area contributed by atoms with Gasteiger partial charge in [-0.1, -0.05) is 26.0 Å². The molecule has 0 aromatic heterocycles. The number of phenolic OH excluding ortho intramolecular Hbond substituents is 1. The molecule has 5 heteroatoms. The number of benzene rings is 1. The molecule has 0 spiro atoms. The molecule has 2 atom stereocenters. The van der Waals surface area contributed by atoms with E-state index in [0.29, 0.717) is 19.0 Å². The van der Waals surface area contributed by atoms with Crippen LogP contribution in [0.3, 0.4) is 0 Å². The van der Waals surface area contributed by atoms with Crippen molar-refractivity contribution in [1.82, 2.24) is 4.90 Å². The maximum atomic E-state index is 12.2. The van der Waals surface area contributed by atoms with Gasteiger partial charge in [-0.2, -0.15) is 0 Å². The molecule has 23 heavy (non-hydrogen) atoms. The third kappa shape index (κ3) is 4.16. The van der Waals surface area contributed by atoms with Crippen molar-refractivity contribution in [1.29, 1.82) is 0 Å². The summed E-state index contributed by atoms with van der Waals surface area (Å²) in [6.07, 6.45) is -0.352. The molecule has 0 radical (unpaired) electrons. The Bertz CT molecular complexity index is 578. The minimum Gasteiger partial charge on any atom is -0.508 e. The first-order chi connectivity index (χ1) is 10.6. The molecule has 0 aliphatic carbocycles. The Kier molecular flexibility index (Phi) is 4.90. The Morgan fingerprint density at radius 2 is 2.00 bits per heavy atom. The van der Waals surface area contributed by atoms with Gasteiger partial charge in [0.05, 0.1) is 0 Å². The summed E-state index contributed by atoms with van der Waals surface area (Å²) in [5.41, 5.74) is 7.68. The average molecular weight is 320 g/mol. The second kappa shape index (κ2) is 6.40. The van der Waals surface area contributed by atoms with Crippen molar-refractivity contribution in [2.45, 2.75) is 58.1 Å². The fourth-order valence-electron chi connectivity index (χ4n) is 2.86. The topological polar surface area (TPSA) is 75.8 Å². The van der Waals surface area contributed by atoms with Gasteiger partial charge in [-0.25, -0.2) is 4.79 Å². The lowest BCUT2D eigenvalue weighted by Gasteiger charge is -2.24. The van der Waals surface area contributed by atoms with Crippen molar-refractivity contribution in [3.05, 3.63) is 29.3 Å². The number of phenols is 1. The minimum atomic E-state index is -0.529. The highest BCUT2D eigenvalue weighted by molar-refractivity contribution is 5.69. The molecule has 1 aliphatic rings. The molecule has 2 unspecified atom stereocenters. The summed E-state index contributed by atoms with van der Waals surface area (Å²) >= 11 is 0. The van der Waals surface area contributed by atoms with Crippen LogP contribution in [0.15, 0.2) is 18.2 Å². The molecule has 1 aliphatic heterocycles. The van der Waals surface area contributed by atoms with Crippen LogP contribution in [0, 0.1) is 0 Å². The van der Waals surface area contributed by atoms with E-state index < -0.39 is 5.60 Å². The van der Waals surface area contributed by atoms with Crippen molar-refractivity contribution >= 4 is 6.09 Å². The molecular weight excluding hydrogens is 292 g/mol. The Morgan fingerprint density at radius 1 is 1.35 bits per heavy atom. The zero-order valence-electron chi connectivity index (χ0n) is 14.7. The average Bonchev–Trinajstić information content (AvgIpc) is 2.79. The molecule has 1 aromatic rings. The first kappa shape index (κ1) is 17.6. The van der Waals surface area contributed by atoms with E-state index in [4.69, 9.17) is 10.5 Å². The quantitative estimate of drug-likeness (QED) is 0.877. The molecule has 1 heterocycles. The summed E-state index contributed by atoms with van der Waals surface area (Å²) < 4.78 is 5.42. The van der Waals surface area contributed by atoms with Gasteiger partial charge < -0.3 is 20.5 Å². The Morgan fingerprint density at radius 3 is 2.57 bits per heavy atom. The molecule has 2 rings (SSSR count). The van der Waals surface area contributed by atoms with E-state index in [1.807, 2.05) is 32.9 Å². The third-order valence-electron chi connectivity index (χ3n) is 4.13. The first-order valence-corrected chi connectivity index (χ1v) is 8.15. The minimum absolute atomic E-state index is 0.0822. The van der Waals surface area contributed by atoms with Gasteiger partial charge in [0, 0.05) is 30.6 Å². The Hall–Kier alpha value is -1.75. The summed E-state index contributed by atoms with van der Waals surface area (Å²) in [5.74, 6) is 0.524. The number of carbonyl (C=O) groups excluding carboxylic acids is 1. The third-order valence-corrected chi connectivity index (χ3v) is 4.13. The highest BCUT2D eigenvalue weighted by atomic mass is 16.6. The van der Waals surface area contributed by atoms with Crippen LogP contribution in [0.5, 0.6) is 5.75 Å². The van der Waals surface area contributed by atoms with Crippen LogP contribution in [0.4, 0.5) is 4.79 Å². The predicted molar refractivity (Wildman–Crippen MR) is 90.7 cm³/mol. The van der Waals surface area contributed by atoms with Crippen LogP contribution in [0.2, 0.25) is 0 Å². The van der Waals surface area contributed by atoms with E-state index in [1.54, 1.807) is 11.0 Å². The van der Waals surface area contributed by atoms with Gasteiger partial charge >= 0.3 is 6.09 Å². The predicted octanol–water partition coefficient (Wildman–Crippen LogP) is 3.18. The second-order valence-corrected chi connectivity index (χ2v) is 7.63. The van der Waals surface area contributed by atoms with Crippen LogP contribution >= 0.6 is 0 Å². The van der Waals surface area contributed by atoms with Crippen molar-refractivity contribution in [2.24, 2.45) is 5.73 Å². The fraction of sp³-hybridized carbons (Fsp3) is 0.611. The van der Waals surface area contributed by atoms with Crippen LogP contribution in [-0.2, 0) is 4.74 Å². The lowest BCUT2D eigenvalue weighted by Crippen LogP contribution is -2.36. The van der Waals surface area contributed by atoms with E-state index in [-0.39, 0.29) is 23.8 Å². The van der Waals surface area contributed by atoms with Crippen molar-refractivity contribution in [3.63, 3.8) is 0 Å². The van der Waals surface area contributed by atoms with Gasteiger partial charge in [-0.3, -0.25) is 0 Å². The number of amides is 1. The molecule has 1 fully saturated rings. The highest BCUT2D eigenvalue weighted by Gasteiger charge is 2.37. The fourth-order valence-corrected chi connectivity index (χ4v) is 2.86. The largest absolute Gasteiger partial charge is 0.508 e. The molecule has 1 amide bonds. The SMILES string of the molecule is CC(C)c1ccc(O)c(C2CN(C(=O)OC(C)(C)C)CC2N)c1. The number of nitrogens with zero attached hydrogens (tertiary/aromatic N) is 1. The van der Waals surface area contributed by atoms with Crippen LogP contribution in [0.1, 0.15) is 57.6 Å². The van der Waals surface area contributed by atoms with E-state index in [0.717, 1.165) is 11.1 Å². The summed E-state index contributed by atoms with van der Waals surface area (Å²) in [5, 5.41) is 10.2. The van der Waals surface area contributed by atoms with Crippen molar-refractivity contribution < 1.29 is 14.6 Å². The standard InChI is InChI=1S/C18H28N2O3/c1-11(2)12-6-7-16(21)13(8-12)14-9-20(10-15(14)19)17(22)23-18(3,4)5/h6-8,11,14-15,21H,9-10,19H2,1-5H3. The number of hydrogen-bond acceptors (Lipinski definition) is 4. The maximum absolute atomic E-state index is 12.2. The summed E-state index contributed by atoms with van der Waals surface area (Å²) in [4.78, 5) is 13.9. The van der Waals surface area contributed by atoms with Gasteiger partial charge in [0.2, 0.25) is 0 Å².